The Morgan fingerprint density at radius 2 is 2.07 bits per heavy atom. The van der Waals surface area contributed by atoms with E-state index in [1.165, 1.54) is 0 Å². The smallest absolute Gasteiger partial charge is 0.252 e. The van der Waals surface area contributed by atoms with Gasteiger partial charge in [0, 0.05) is 17.8 Å². The Bertz CT molecular complexity index is 1170. The van der Waals surface area contributed by atoms with Gasteiger partial charge in [0.15, 0.2) is 5.65 Å². The standard InChI is InChI=1S/C22H23N5O2/c1-13(2)27-21-19(12-25-27)18(22(28)24-11-16-7-5-6-8-23-16)10-20(26-21)17-9-14(3)29-15(17)4/h5-10,12-13H,11H2,1-4H3,(H,24,28). The fraction of sp³-hybridized carbons (Fsp3) is 0.273. The number of hydrogen-bond acceptors (Lipinski definition) is 5. The average Bonchev–Trinajstić information content (AvgIpc) is 3.28. The number of rotatable bonds is 5. The van der Waals surface area contributed by atoms with Crippen LogP contribution in [0.2, 0.25) is 0 Å². The molecule has 4 heterocycles. The molecule has 7 nitrogen and oxygen atoms in total. The van der Waals surface area contributed by atoms with Crippen molar-refractivity contribution in [1.82, 2.24) is 25.1 Å². The van der Waals surface area contributed by atoms with Crippen molar-refractivity contribution in [1.29, 1.82) is 0 Å². The highest BCUT2D eigenvalue weighted by molar-refractivity contribution is 6.06. The molecule has 0 spiro atoms. The minimum atomic E-state index is -0.189. The first-order valence-electron chi connectivity index (χ1n) is 9.58. The van der Waals surface area contributed by atoms with Gasteiger partial charge in [0.05, 0.1) is 35.1 Å². The summed E-state index contributed by atoms with van der Waals surface area (Å²) in [5.74, 6) is 1.38. The normalized spacial score (nSPS) is 11.3. The van der Waals surface area contributed by atoms with Crippen molar-refractivity contribution in [2.45, 2.75) is 40.3 Å². The second kappa shape index (κ2) is 7.50. The van der Waals surface area contributed by atoms with Crippen molar-refractivity contribution < 1.29 is 9.21 Å². The molecule has 0 saturated heterocycles. The number of pyridine rings is 2. The van der Waals surface area contributed by atoms with E-state index >= 15 is 0 Å². The largest absolute Gasteiger partial charge is 0.466 e. The maximum absolute atomic E-state index is 13.1. The van der Waals surface area contributed by atoms with E-state index in [-0.39, 0.29) is 11.9 Å². The van der Waals surface area contributed by atoms with Crippen LogP contribution in [0.1, 0.15) is 47.5 Å². The van der Waals surface area contributed by atoms with Crippen molar-refractivity contribution in [3.63, 3.8) is 0 Å². The molecule has 0 saturated carbocycles. The highest BCUT2D eigenvalue weighted by Crippen LogP contribution is 2.30. The van der Waals surface area contributed by atoms with Gasteiger partial charge in [-0.25, -0.2) is 9.67 Å². The van der Waals surface area contributed by atoms with Crippen molar-refractivity contribution >= 4 is 16.9 Å². The Labute approximate surface area is 168 Å². The minimum Gasteiger partial charge on any atom is -0.466 e. The fourth-order valence-corrected chi connectivity index (χ4v) is 3.38. The topological polar surface area (TPSA) is 85.8 Å². The van der Waals surface area contributed by atoms with Crippen molar-refractivity contribution in [2.75, 3.05) is 0 Å². The summed E-state index contributed by atoms with van der Waals surface area (Å²) in [6, 6.07) is 9.48. The molecule has 0 fully saturated rings. The third-order valence-electron chi connectivity index (χ3n) is 4.77. The van der Waals surface area contributed by atoms with Crippen molar-refractivity contribution in [3.8, 4) is 11.3 Å². The zero-order valence-corrected chi connectivity index (χ0v) is 16.9. The molecule has 0 aliphatic carbocycles. The molecule has 4 aromatic heterocycles. The summed E-state index contributed by atoms with van der Waals surface area (Å²) in [5.41, 5.74) is 3.58. The lowest BCUT2D eigenvalue weighted by molar-refractivity contribution is 0.0952. The number of furan rings is 1. The Morgan fingerprint density at radius 3 is 2.72 bits per heavy atom. The summed E-state index contributed by atoms with van der Waals surface area (Å²) in [5, 5.41) is 8.13. The van der Waals surface area contributed by atoms with Crippen LogP contribution in [0.4, 0.5) is 0 Å². The monoisotopic (exact) mass is 389 g/mol. The van der Waals surface area contributed by atoms with Crippen LogP contribution in [0.25, 0.3) is 22.3 Å². The molecule has 0 aromatic carbocycles. The van der Waals surface area contributed by atoms with Crippen LogP contribution in [-0.2, 0) is 6.54 Å². The molecule has 0 unspecified atom stereocenters. The predicted octanol–water partition coefficient (Wildman–Crippen LogP) is 4.21. The Morgan fingerprint density at radius 1 is 1.24 bits per heavy atom. The van der Waals surface area contributed by atoms with Crippen LogP contribution in [0, 0.1) is 13.8 Å². The molecule has 0 atom stereocenters. The molecule has 4 rings (SSSR count). The number of aryl methyl sites for hydroxylation is 2. The first kappa shape index (κ1) is 18.9. The van der Waals surface area contributed by atoms with Gasteiger partial charge in [0.2, 0.25) is 0 Å². The van der Waals surface area contributed by atoms with Crippen LogP contribution in [0.3, 0.4) is 0 Å². The number of amides is 1. The summed E-state index contributed by atoms with van der Waals surface area (Å²) >= 11 is 0. The highest BCUT2D eigenvalue weighted by atomic mass is 16.3. The number of nitrogens with zero attached hydrogens (tertiary/aromatic N) is 4. The van der Waals surface area contributed by atoms with E-state index in [0.717, 1.165) is 28.2 Å². The van der Waals surface area contributed by atoms with Crippen molar-refractivity contribution in [3.05, 3.63) is 65.5 Å². The molecular formula is C22H23N5O2. The lowest BCUT2D eigenvalue weighted by Gasteiger charge is -2.11. The van der Waals surface area contributed by atoms with E-state index in [4.69, 9.17) is 9.40 Å². The second-order valence-electron chi connectivity index (χ2n) is 7.31. The fourth-order valence-electron chi connectivity index (χ4n) is 3.38. The minimum absolute atomic E-state index is 0.117. The quantitative estimate of drug-likeness (QED) is 0.552. The molecule has 7 heteroatoms. The summed E-state index contributed by atoms with van der Waals surface area (Å²) < 4.78 is 7.50. The lowest BCUT2D eigenvalue weighted by Crippen LogP contribution is -2.23. The Kier molecular flexibility index (Phi) is 4.88. The molecule has 1 N–H and O–H groups in total. The van der Waals surface area contributed by atoms with Gasteiger partial charge in [-0.05, 0) is 52.0 Å². The molecule has 148 valence electrons. The summed E-state index contributed by atoms with van der Waals surface area (Å²) in [4.78, 5) is 22.1. The summed E-state index contributed by atoms with van der Waals surface area (Å²) in [6.45, 7) is 8.22. The van der Waals surface area contributed by atoms with E-state index < -0.39 is 0 Å². The third-order valence-corrected chi connectivity index (χ3v) is 4.77. The first-order valence-corrected chi connectivity index (χ1v) is 9.58. The number of aromatic nitrogens is 4. The number of hydrogen-bond donors (Lipinski definition) is 1. The number of carbonyl (C=O) groups excluding carboxylic acids is 1. The van der Waals surface area contributed by atoms with Crippen LogP contribution >= 0.6 is 0 Å². The van der Waals surface area contributed by atoms with Gasteiger partial charge in [0.25, 0.3) is 5.91 Å². The van der Waals surface area contributed by atoms with E-state index in [9.17, 15) is 4.79 Å². The number of fused-ring (bicyclic) bond motifs is 1. The maximum Gasteiger partial charge on any atom is 0.252 e. The third kappa shape index (κ3) is 3.63. The molecule has 1 amide bonds. The van der Waals surface area contributed by atoms with E-state index in [2.05, 4.69) is 15.4 Å². The molecule has 0 aliphatic heterocycles. The van der Waals surface area contributed by atoms with Gasteiger partial charge in [-0.15, -0.1) is 0 Å². The Balaban J connectivity index is 1.79. The Hall–Kier alpha value is -3.48. The predicted molar refractivity (Wildman–Crippen MR) is 110 cm³/mol. The second-order valence-corrected chi connectivity index (χ2v) is 7.31. The van der Waals surface area contributed by atoms with E-state index in [1.807, 2.05) is 56.6 Å². The summed E-state index contributed by atoms with van der Waals surface area (Å²) in [7, 11) is 0. The van der Waals surface area contributed by atoms with Gasteiger partial charge in [-0.2, -0.15) is 5.10 Å². The van der Waals surface area contributed by atoms with E-state index in [1.54, 1.807) is 18.5 Å². The SMILES string of the molecule is Cc1cc(-c2cc(C(=O)NCc3ccccn3)c3cnn(C(C)C)c3n2)c(C)o1. The van der Waals surface area contributed by atoms with Crippen LogP contribution in [-0.4, -0.2) is 25.7 Å². The average molecular weight is 389 g/mol. The molecule has 0 bridgehead atoms. The molecule has 0 aliphatic rings. The van der Waals surface area contributed by atoms with Gasteiger partial charge < -0.3 is 9.73 Å². The molecule has 0 radical (unpaired) electrons. The van der Waals surface area contributed by atoms with Crippen LogP contribution in [0.5, 0.6) is 0 Å². The highest BCUT2D eigenvalue weighted by Gasteiger charge is 2.20. The van der Waals surface area contributed by atoms with Crippen LogP contribution in [0.15, 0.2) is 47.1 Å². The lowest BCUT2D eigenvalue weighted by atomic mass is 10.1. The maximum atomic E-state index is 13.1. The zero-order chi connectivity index (χ0) is 20.5. The first-order chi connectivity index (χ1) is 13.9. The molecular weight excluding hydrogens is 366 g/mol. The van der Waals surface area contributed by atoms with Gasteiger partial charge in [-0.1, -0.05) is 6.07 Å². The van der Waals surface area contributed by atoms with Gasteiger partial charge in [-0.3, -0.25) is 9.78 Å². The summed E-state index contributed by atoms with van der Waals surface area (Å²) in [6.07, 6.45) is 3.41. The van der Waals surface area contributed by atoms with Gasteiger partial charge in [0.1, 0.15) is 11.5 Å². The number of nitrogens with one attached hydrogen (secondary N) is 1. The molecule has 29 heavy (non-hydrogen) atoms. The number of carbonyl (C=O) groups is 1. The van der Waals surface area contributed by atoms with E-state index in [0.29, 0.717) is 23.4 Å². The van der Waals surface area contributed by atoms with Gasteiger partial charge >= 0.3 is 0 Å². The van der Waals surface area contributed by atoms with Crippen LogP contribution < -0.4 is 5.32 Å². The van der Waals surface area contributed by atoms with Crippen molar-refractivity contribution in [2.24, 2.45) is 0 Å². The zero-order valence-electron chi connectivity index (χ0n) is 16.9. The molecule has 4 aromatic rings.